The number of nitrogens with zero attached hydrogens (tertiary/aromatic N) is 1. The second-order valence-corrected chi connectivity index (χ2v) is 3.97. The van der Waals surface area contributed by atoms with E-state index in [-0.39, 0.29) is 12.0 Å². The van der Waals surface area contributed by atoms with Crippen molar-refractivity contribution in [1.29, 1.82) is 0 Å². The van der Waals surface area contributed by atoms with Crippen LogP contribution < -0.4 is 10.6 Å². The van der Waals surface area contributed by atoms with E-state index in [1.807, 2.05) is 6.92 Å². The molecule has 1 heterocycles. The van der Waals surface area contributed by atoms with Crippen LogP contribution in [0.3, 0.4) is 0 Å². The van der Waals surface area contributed by atoms with Crippen LogP contribution in [-0.2, 0) is 9.53 Å². The molecular weight excluding hydrogens is 206 g/mol. The fourth-order valence-electron chi connectivity index (χ4n) is 1.72. The zero-order valence-corrected chi connectivity index (χ0v) is 10.3. The topological polar surface area (TPSA) is 53.6 Å². The number of ether oxygens (including phenoxy) is 1. The van der Waals surface area contributed by atoms with Gasteiger partial charge in [0.2, 0.25) is 5.91 Å². The third kappa shape index (κ3) is 4.92. The third-order valence-corrected chi connectivity index (χ3v) is 2.73. The number of hydrogen-bond acceptors (Lipinski definition) is 4. The van der Waals surface area contributed by atoms with E-state index in [4.69, 9.17) is 4.74 Å². The molecular formula is C11H23N3O2. The number of carbonyl (C=O) groups excluding carboxylic acids is 1. The van der Waals surface area contributed by atoms with Crippen LogP contribution in [0.5, 0.6) is 0 Å². The fraction of sp³-hybridized carbons (Fsp3) is 0.909. The predicted molar refractivity (Wildman–Crippen MR) is 63.4 cm³/mol. The molecule has 0 bridgehead atoms. The minimum absolute atomic E-state index is 0.0408. The Balaban J connectivity index is 2.14. The quantitative estimate of drug-likeness (QED) is 0.640. The lowest BCUT2D eigenvalue weighted by molar-refractivity contribution is -0.121. The molecule has 0 aromatic carbocycles. The molecule has 0 radical (unpaired) electrons. The van der Waals surface area contributed by atoms with E-state index in [0.29, 0.717) is 13.1 Å². The number of rotatable bonds is 6. The Morgan fingerprint density at radius 1 is 1.50 bits per heavy atom. The first-order valence-corrected chi connectivity index (χ1v) is 6.07. The largest absolute Gasteiger partial charge is 0.374 e. The summed E-state index contributed by atoms with van der Waals surface area (Å²) in [7, 11) is 0. The number of hydrogen-bond donors (Lipinski definition) is 2. The monoisotopic (exact) mass is 229 g/mol. The highest BCUT2D eigenvalue weighted by Gasteiger charge is 2.19. The zero-order valence-electron chi connectivity index (χ0n) is 10.3. The van der Waals surface area contributed by atoms with Gasteiger partial charge in [-0.2, -0.15) is 0 Å². The molecule has 1 aliphatic heterocycles. The van der Waals surface area contributed by atoms with Crippen molar-refractivity contribution < 1.29 is 9.53 Å². The van der Waals surface area contributed by atoms with Crippen molar-refractivity contribution in [2.45, 2.75) is 20.0 Å². The molecule has 16 heavy (non-hydrogen) atoms. The average Bonchev–Trinajstić information content (AvgIpc) is 2.34. The van der Waals surface area contributed by atoms with Crippen LogP contribution in [0.1, 0.15) is 13.8 Å². The maximum absolute atomic E-state index is 11.4. The Morgan fingerprint density at radius 2 is 2.31 bits per heavy atom. The van der Waals surface area contributed by atoms with Gasteiger partial charge in [0.15, 0.2) is 0 Å². The zero-order chi connectivity index (χ0) is 11.8. The first-order valence-electron chi connectivity index (χ1n) is 6.07. The van der Waals surface area contributed by atoms with Gasteiger partial charge in [-0.15, -0.1) is 0 Å². The van der Waals surface area contributed by atoms with E-state index in [2.05, 4.69) is 22.5 Å². The lowest BCUT2D eigenvalue weighted by Crippen LogP contribution is -2.48. The minimum Gasteiger partial charge on any atom is -0.374 e. The second-order valence-electron chi connectivity index (χ2n) is 3.97. The molecule has 0 aromatic rings. The molecule has 1 aliphatic rings. The van der Waals surface area contributed by atoms with Crippen LogP contribution in [-0.4, -0.2) is 62.8 Å². The number of carbonyl (C=O) groups is 1. The van der Waals surface area contributed by atoms with Crippen molar-refractivity contribution in [2.75, 3.05) is 45.9 Å². The second kappa shape index (κ2) is 7.60. The van der Waals surface area contributed by atoms with E-state index < -0.39 is 0 Å². The third-order valence-electron chi connectivity index (χ3n) is 2.73. The van der Waals surface area contributed by atoms with Gasteiger partial charge in [-0.1, -0.05) is 13.8 Å². The summed E-state index contributed by atoms with van der Waals surface area (Å²) in [4.78, 5) is 13.7. The van der Waals surface area contributed by atoms with Gasteiger partial charge in [-0.05, 0) is 13.1 Å². The van der Waals surface area contributed by atoms with Crippen LogP contribution in [0.15, 0.2) is 0 Å². The number of amides is 1. The summed E-state index contributed by atoms with van der Waals surface area (Å²) < 4.78 is 5.59. The summed E-state index contributed by atoms with van der Waals surface area (Å²) in [5.74, 6) is 0.0408. The summed E-state index contributed by atoms with van der Waals surface area (Å²) in [5, 5.41) is 5.87. The molecule has 1 saturated heterocycles. The molecule has 5 heteroatoms. The van der Waals surface area contributed by atoms with Gasteiger partial charge in [0.1, 0.15) is 0 Å². The van der Waals surface area contributed by atoms with Crippen LogP contribution in [0.4, 0.5) is 0 Å². The highest BCUT2D eigenvalue weighted by atomic mass is 16.5. The Hall–Kier alpha value is -0.650. The Labute approximate surface area is 97.5 Å². The summed E-state index contributed by atoms with van der Waals surface area (Å²) in [5.41, 5.74) is 0. The number of nitrogens with one attached hydrogen (secondary N) is 2. The average molecular weight is 229 g/mol. The lowest BCUT2D eigenvalue weighted by Gasteiger charge is -2.32. The molecule has 0 aromatic heterocycles. The van der Waals surface area contributed by atoms with Crippen molar-refractivity contribution in [1.82, 2.24) is 15.5 Å². The van der Waals surface area contributed by atoms with E-state index in [1.165, 1.54) is 0 Å². The van der Waals surface area contributed by atoms with Gasteiger partial charge < -0.3 is 15.4 Å². The van der Waals surface area contributed by atoms with Gasteiger partial charge >= 0.3 is 0 Å². The van der Waals surface area contributed by atoms with Gasteiger partial charge in [-0.3, -0.25) is 9.69 Å². The molecule has 1 fully saturated rings. The summed E-state index contributed by atoms with van der Waals surface area (Å²) in [6.45, 7) is 9.67. The highest BCUT2D eigenvalue weighted by Crippen LogP contribution is 2.03. The van der Waals surface area contributed by atoms with Crippen molar-refractivity contribution in [3.05, 3.63) is 0 Å². The molecule has 94 valence electrons. The van der Waals surface area contributed by atoms with E-state index in [1.54, 1.807) is 0 Å². The Morgan fingerprint density at radius 3 is 3.00 bits per heavy atom. The first-order chi connectivity index (χ1) is 7.76. The van der Waals surface area contributed by atoms with Crippen LogP contribution >= 0.6 is 0 Å². The maximum Gasteiger partial charge on any atom is 0.234 e. The van der Waals surface area contributed by atoms with E-state index in [9.17, 15) is 4.79 Å². The molecule has 1 rings (SSSR count). The van der Waals surface area contributed by atoms with E-state index in [0.717, 1.165) is 32.8 Å². The molecule has 0 aliphatic carbocycles. The van der Waals surface area contributed by atoms with Crippen molar-refractivity contribution >= 4 is 5.91 Å². The number of likely N-dealkylation sites (N-methyl/N-ethyl adjacent to an activating group) is 2. The van der Waals surface area contributed by atoms with Crippen LogP contribution in [0.25, 0.3) is 0 Å². The van der Waals surface area contributed by atoms with Gasteiger partial charge in [0.25, 0.3) is 0 Å². The summed E-state index contributed by atoms with van der Waals surface area (Å²) in [6.07, 6.45) is 0.138. The van der Waals surface area contributed by atoms with Crippen molar-refractivity contribution in [3.63, 3.8) is 0 Å². The van der Waals surface area contributed by atoms with E-state index >= 15 is 0 Å². The smallest absolute Gasteiger partial charge is 0.234 e. The first kappa shape index (κ1) is 13.4. The lowest BCUT2D eigenvalue weighted by atomic mass is 10.2. The van der Waals surface area contributed by atoms with Crippen molar-refractivity contribution in [2.24, 2.45) is 0 Å². The molecule has 1 unspecified atom stereocenters. The maximum atomic E-state index is 11.4. The fourth-order valence-corrected chi connectivity index (χ4v) is 1.72. The molecule has 0 saturated carbocycles. The standard InChI is InChI=1S/C11H23N3O2/c1-3-12-8-11(15)13-7-10-9-14(4-2)5-6-16-10/h10,12H,3-9H2,1-2H3,(H,13,15). The highest BCUT2D eigenvalue weighted by molar-refractivity contribution is 5.77. The van der Waals surface area contributed by atoms with Crippen LogP contribution in [0, 0.1) is 0 Å². The molecule has 0 spiro atoms. The number of morpholine rings is 1. The van der Waals surface area contributed by atoms with Gasteiger partial charge in [0.05, 0.1) is 19.3 Å². The Bertz CT molecular complexity index is 211. The molecule has 2 N–H and O–H groups in total. The molecule has 1 atom stereocenters. The molecule has 5 nitrogen and oxygen atoms in total. The van der Waals surface area contributed by atoms with Gasteiger partial charge in [-0.25, -0.2) is 0 Å². The minimum atomic E-state index is 0.0408. The van der Waals surface area contributed by atoms with Crippen molar-refractivity contribution in [3.8, 4) is 0 Å². The van der Waals surface area contributed by atoms with Crippen LogP contribution in [0.2, 0.25) is 0 Å². The van der Waals surface area contributed by atoms with Gasteiger partial charge in [0, 0.05) is 19.6 Å². The normalized spacial score (nSPS) is 22.0. The molecule has 1 amide bonds. The SMILES string of the molecule is CCNCC(=O)NCC1CN(CC)CCO1. The summed E-state index contributed by atoms with van der Waals surface area (Å²) >= 11 is 0. The predicted octanol–water partition coefficient (Wildman–Crippen LogP) is -0.567. The summed E-state index contributed by atoms with van der Waals surface area (Å²) in [6, 6.07) is 0. The Kier molecular flexibility index (Phi) is 6.37.